The molecule has 1 unspecified atom stereocenters. The van der Waals surface area contributed by atoms with E-state index in [4.69, 9.17) is 4.74 Å². The Morgan fingerprint density at radius 2 is 2.04 bits per heavy atom. The van der Waals surface area contributed by atoms with Crippen molar-refractivity contribution in [2.45, 2.75) is 13.3 Å². The lowest BCUT2D eigenvalue weighted by Crippen LogP contribution is -2.48. The number of hydrogen-bond donors (Lipinski definition) is 0. The van der Waals surface area contributed by atoms with Gasteiger partial charge in [0.25, 0.3) is 0 Å². The van der Waals surface area contributed by atoms with Gasteiger partial charge in [0.2, 0.25) is 0 Å². The lowest BCUT2D eigenvalue weighted by molar-refractivity contribution is 0.164. The molecule has 2 aromatic heterocycles. The van der Waals surface area contributed by atoms with Crippen molar-refractivity contribution < 1.29 is 4.74 Å². The molecule has 0 aromatic carbocycles. The summed E-state index contributed by atoms with van der Waals surface area (Å²) in [6, 6.07) is 0. The molecule has 124 valence electrons. The van der Waals surface area contributed by atoms with Crippen molar-refractivity contribution in [3.05, 3.63) is 12.0 Å². The third kappa shape index (κ3) is 2.90. The van der Waals surface area contributed by atoms with Crippen LogP contribution in [0.2, 0.25) is 0 Å². The van der Waals surface area contributed by atoms with E-state index in [1.54, 1.807) is 0 Å². The Kier molecular flexibility index (Phi) is 3.90. The molecule has 2 aliphatic heterocycles. The van der Waals surface area contributed by atoms with Crippen molar-refractivity contribution in [2.24, 2.45) is 13.0 Å². The molecular formula is C16H24N6O. The number of fused-ring (bicyclic) bond motifs is 1. The molecule has 2 saturated heterocycles. The van der Waals surface area contributed by atoms with E-state index in [0.717, 1.165) is 62.1 Å². The van der Waals surface area contributed by atoms with Gasteiger partial charge < -0.3 is 9.64 Å². The first-order valence-electron chi connectivity index (χ1n) is 8.42. The number of hydrogen-bond acceptors (Lipinski definition) is 6. The van der Waals surface area contributed by atoms with Crippen LogP contribution in [-0.2, 0) is 11.8 Å². The van der Waals surface area contributed by atoms with Gasteiger partial charge in [-0.2, -0.15) is 5.10 Å². The summed E-state index contributed by atoms with van der Waals surface area (Å²) < 4.78 is 7.31. The fourth-order valence-corrected chi connectivity index (χ4v) is 3.59. The minimum Gasteiger partial charge on any atom is -0.381 e. The van der Waals surface area contributed by atoms with Crippen LogP contribution < -0.4 is 4.90 Å². The molecule has 2 aliphatic rings. The van der Waals surface area contributed by atoms with Gasteiger partial charge in [-0.3, -0.25) is 9.58 Å². The Balaban J connectivity index is 1.48. The smallest absolute Gasteiger partial charge is 0.163 e. The van der Waals surface area contributed by atoms with Crippen molar-refractivity contribution in [2.75, 3.05) is 50.8 Å². The minimum absolute atomic E-state index is 0.716. The number of rotatable bonds is 3. The molecule has 23 heavy (non-hydrogen) atoms. The molecule has 0 spiro atoms. The molecule has 7 heteroatoms. The second kappa shape index (κ2) is 6.05. The van der Waals surface area contributed by atoms with E-state index in [1.165, 1.54) is 13.0 Å². The summed E-state index contributed by atoms with van der Waals surface area (Å²) in [6.07, 6.45) is 3.09. The van der Waals surface area contributed by atoms with E-state index in [0.29, 0.717) is 5.92 Å². The first-order chi connectivity index (χ1) is 11.2. The topological polar surface area (TPSA) is 59.3 Å². The molecule has 0 N–H and O–H groups in total. The van der Waals surface area contributed by atoms with Gasteiger partial charge in [0.1, 0.15) is 11.6 Å². The van der Waals surface area contributed by atoms with E-state index in [1.807, 2.05) is 24.9 Å². The zero-order chi connectivity index (χ0) is 15.8. The van der Waals surface area contributed by atoms with Crippen LogP contribution in [0.3, 0.4) is 0 Å². The SMILES string of the molecule is Cc1nc(N2CCN(CC3CCOC3)CC2)c2cnn(C)c2n1. The van der Waals surface area contributed by atoms with E-state index >= 15 is 0 Å². The predicted molar refractivity (Wildman–Crippen MR) is 88.6 cm³/mol. The van der Waals surface area contributed by atoms with Crippen LogP contribution in [0.4, 0.5) is 5.82 Å². The van der Waals surface area contributed by atoms with E-state index < -0.39 is 0 Å². The number of nitrogens with zero attached hydrogens (tertiary/aromatic N) is 6. The molecule has 2 fully saturated rings. The molecule has 0 saturated carbocycles. The highest BCUT2D eigenvalue weighted by atomic mass is 16.5. The monoisotopic (exact) mass is 316 g/mol. The Bertz CT molecular complexity index is 685. The Hall–Kier alpha value is -1.73. The number of aromatic nitrogens is 4. The fourth-order valence-electron chi connectivity index (χ4n) is 3.59. The van der Waals surface area contributed by atoms with Crippen LogP contribution in [0.25, 0.3) is 11.0 Å². The first-order valence-corrected chi connectivity index (χ1v) is 8.42. The van der Waals surface area contributed by atoms with E-state index in [9.17, 15) is 0 Å². The molecule has 1 atom stereocenters. The average Bonchev–Trinajstić information content (AvgIpc) is 3.18. The fraction of sp³-hybridized carbons (Fsp3) is 0.688. The van der Waals surface area contributed by atoms with Gasteiger partial charge in [0.15, 0.2) is 5.65 Å². The van der Waals surface area contributed by atoms with Gasteiger partial charge in [0.05, 0.1) is 18.2 Å². The largest absolute Gasteiger partial charge is 0.381 e. The summed E-state index contributed by atoms with van der Waals surface area (Å²) in [5.41, 5.74) is 0.915. The van der Waals surface area contributed by atoms with Crippen LogP contribution in [-0.4, -0.2) is 70.6 Å². The lowest BCUT2D eigenvalue weighted by Gasteiger charge is -2.36. The summed E-state index contributed by atoms with van der Waals surface area (Å²) in [4.78, 5) is 14.1. The van der Waals surface area contributed by atoms with Gasteiger partial charge in [-0.15, -0.1) is 0 Å². The lowest BCUT2D eigenvalue weighted by atomic mass is 10.1. The second-order valence-electron chi connectivity index (χ2n) is 6.62. The number of piperazine rings is 1. The maximum atomic E-state index is 5.49. The normalized spacial score (nSPS) is 23.0. The Labute approximate surface area is 136 Å². The minimum atomic E-state index is 0.716. The number of aryl methyl sites for hydroxylation is 2. The third-order valence-corrected chi connectivity index (χ3v) is 4.90. The zero-order valence-corrected chi connectivity index (χ0v) is 13.9. The highest BCUT2D eigenvalue weighted by Gasteiger charge is 2.24. The summed E-state index contributed by atoms with van der Waals surface area (Å²) in [5.74, 6) is 2.55. The zero-order valence-electron chi connectivity index (χ0n) is 13.9. The van der Waals surface area contributed by atoms with Crippen LogP contribution in [0.15, 0.2) is 6.20 Å². The molecule has 0 radical (unpaired) electrons. The predicted octanol–water partition coefficient (Wildman–Crippen LogP) is 0.830. The van der Waals surface area contributed by atoms with Crippen molar-refractivity contribution in [3.8, 4) is 0 Å². The summed E-state index contributed by atoms with van der Waals surface area (Å²) >= 11 is 0. The molecule has 4 heterocycles. The van der Waals surface area contributed by atoms with Gasteiger partial charge >= 0.3 is 0 Å². The van der Waals surface area contributed by atoms with E-state index in [-0.39, 0.29) is 0 Å². The molecule has 0 amide bonds. The number of anilines is 1. The highest BCUT2D eigenvalue weighted by molar-refractivity contribution is 5.87. The molecule has 2 aromatic rings. The third-order valence-electron chi connectivity index (χ3n) is 4.90. The second-order valence-corrected chi connectivity index (χ2v) is 6.62. The van der Waals surface area contributed by atoms with Gasteiger partial charge in [-0.1, -0.05) is 0 Å². The van der Waals surface area contributed by atoms with E-state index in [2.05, 4.69) is 24.9 Å². The highest BCUT2D eigenvalue weighted by Crippen LogP contribution is 2.25. The molecule has 7 nitrogen and oxygen atoms in total. The molecule has 0 bridgehead atoms. The Morgan fingerprint density at radius 3 is 2.78 bits per heavy atom. The molecule has 4 rings (SSSR count). The van der Waals surface area contributed by atoms with Crippen LogP contribution in [0.5, 0.6) is 0 Å². The van der Waals surface area contributed by atoms with Crippen molar-refractivity contribution in [1.29, 1.82) is 0 Å². The number of ether oxygens (including phenoxy) is 1. The van der Waals surface area contributed by atoms with Gasteiger partial charge in [0, 0.05) is 46.4 Å². The van der Waals surface area contributed by atoms with Crippen molar-refractivity contribution in [3.63, 3.8) is 0 Å². The molecule has 0 aliphatic carbocycles. The van der Waals surface area contributed by atoms with Crippen LogP contribution in [0, 0.1) is 12.8 Å². The maximum absolute atomic E-state index is 5.49. The Morgan fingerprint density at radius 1 is 1.22 bits per heavy atom. The molecular weight excluding hydrogens is 292 g/mol. The van der Waals surface area contributed by atoms with Gasteiger partial charge in [-0.25, -0.2) is 9.97 Å². The van der Waals surface area contributed by atoms with Gasteiger partial charge in [-0.05, 0) is 19.3 Å². The van der Waals surface area contributed by atoms with Crippen LogP contribution >= 0.6 is 0 Å². The summed E-state index contributed by atoms with van der Waals surface area (Å²) in [5, 5.41) is 5.39. The summed E-state index contributed by atoms with van der Waals surface area (Å²) in [6.45, 7) is 9.17. The first kappa shape index (κ1) is 14.8. The maximum Gasteiger partial charge on any atom is 0.163 e. The van der Waals surface area contributed by atoms with Crippen molar-refractivity contribution in [1.82, 2.24) is 24.6 Å². The summed E-state index contributed by atoms with van der Waals surface area (Å²) in [7, 11) is 1.93. The van der Waals surface area contributed by atoms with Crippen LogP contribution in [0.1, 0.15) is 12.2 Å². The standard InChI is InChI=1S/C16H24N6O/c1-12-18-15-14(9-17-20(15)2)16(19-12)22-6-4-21(5-7-22)10-13-3-8-23-11-13/h9,13H,3-8,10-11H2,1-2H3. The van der Waals surface area contributed by atoms with Crippen molar-refractivity contribution >= 4 is 16.9 Å². The quantitative estimate of drug-likeness (QED) is 0.836. The average molecular weight is 316 g/mol.